The van der Waals surface area contributed by atoms with Crippen molar-refractivity contribution < 1.29 is 17.9 Å². The lowest BCUT2D eigenvalue weighted by Crippen LogP contribution is -2.10. The number of nitrogens with zero attached hydrogens (tertiary/aromatic N) is 3. The molecule has 0 spiro atoms. The van der Waals surface area contributed by atoms with E-state index in [1.165, 1.54) is 62.2 Å². The molecule has 0 N–H and O–H groups in total. The zero-order valence-electron chi connectivity index (χ0n) is 12.7. The predicted octanol–water partition coefficient (Wildman–Crippen LogP) is 4.34. The van der Waals surface area contributed by atoms with Crippen LogP contribution in [0.15, 0.2) is 18.6 Å². The molecule has 22 heavy (non-hydrogen) atoms. The number of ether oxygens (including phenoxy) is 1. The number of methoxy groups -OCH3 is 1. The van der Waals surface area contributed by atoms with Crippen LogP contribution >= 0.6 is 0 Å². The Hall–Kier alpha value is -1.79. The van der Waals surface area contributed by atoms with Crippen molar-refractivity contribution in [1.82, 2.24) is 14.6 Å². The smallest absolute Gasteiger partial charge is 0.423 e. The summed E-state index contributed by atoms with van der Waals surface area (Å²) in [7, 11) is 1.18. The van der Waals surface area contributed by atoms with Gasteiger partial charge in [0.2, 0.25) is 0 Å². The molecule has 2 aromatic rings. The van der Waals surface area contributed by atoms with Crippen LogP contribution in [0.5, 0.6) is 5.75 Å². The third-order valence-corrected chi connectivity index (χ3v) is 3.83. The molecule has 122 valence electrons. The van der Waals surface area contributed by atoms with Crippen LogP contribution in [0.2, 0.25) is 0 Å². The van der Waals surface area contributed by atoms with Gasteiger partial charge < -0.3 is 4.74 Å². The second-order valence-corrected chi connectivity index (χ2v) is 5.56. The summed E-state index contributed by atoms with van der Waals surface area (Å²) in [5, 5.41) is 6.81. The Bertz CT molecular complexity index is 604. The largest absolute Gasteiger partial charge is 0.496 e. The van der Waals surface area contributed by atoms with E-state index in [1.54, 1.807) is 0 Å². The first-order valence-electron chi connectivity index (χ1n) is 7.37. The standard InChI is InChI=1S/C8H6F3N3O.C7H14/c1-15-5-2-3-14-4-12-13-7(14)6(5)8(9,10)11;1-7-5-3-2-4-6-7/h2-4H,1H3;7H,2-6H2,1H3. The van der Waals surface area contributed by atoms with Gasteiger partial charge >= 0.3 is 6.18 Å². The summed E-state index contributed by atoms with van der Waals surface area (Å²) in [5.74, 6) is 0.775. The average molecular weight is 315 g/mol. The molecule has 0 amide bonds. The molecule has 0 aromatic carbocycles. The van der Waals surface area contributed by atoms with Gasteiger partial charge in [0.15, 0.2) is 5.65 Å². The highest BCUT2D eigenvalue weighted by molar-refractivity contribution is 5.55. The van der Waals surface area contributed by atoms with Crippen molar-refractivity contribution in [3.05, 3.63) is 24.2 Å². The Labute approximate surface area is 127 Å². The van der Waals surface area contributed by atoms with Gasteiger partial charge in [0.25, 0.3) is 0 Å². The first-order chi connectivity index (χ1) is 10.4. The molecule has 3 rings (SSSR count). The van der Waals surface area contributed by atoms with Crippen molar-refractivity contribution in [2.75, 3.05) is 7.11 Å². The van der Waals surface area contributed by atoms with E-state index in [0.29, 0.717) is 0 Å². The van der Waals surface area contributed by atoms with E-state index >= 15 is 0 Å². The molecule has 1 fully saturated rings. The number of fused-ring (bicyclic) bond motifs is 1. The lowest BCUT2D eigenvalue weighted by molar-refractivity contribution is -0.137. The summed E-state index contributed by atoms with van der Waals surface area (Å²) in [6.07, 6.45) is 5.53. The maximum Gasteiger partial charge on any atom is 0.423 e. The van der Waals surface area contributed by atoms with Crippen LogP contribution in [0.25, 0.3) is 5.65 Å². The van der Waals surface area contributed by atoms with Crippen LogP contribution in [-0.4, -0.2) is 21.7 Å². The second-order valence-electron chi connectivity index (χ2n) is 5.56. The summed E-state index contributed by atoms with van der Waals surface area (Å²) in [4.78, 5) is 0. The lowest BCUT2D eigenvalue weighted by atomic mass is 9.91. The molecule has 7 heteroatoms. The van der Waals surface area contributed by atoms with E-state index in [2.05, 4.69) is 21.9 Å². The van der Waals surface area contributed by atoms with Crippen LogP contribution in [0.4, 0.5) is 13.2 Å². The molecule has 0 aliphatic heterocycles. The summed E-state index contributed by atoms with van der Waals surface area (Å²) in [6, 6.07) is 1.22. The summed E-state index contributed by atoms with van der Waals surface area (Å²) < 4.78 is 43.9. The molecule has 0 atom stereocenters. The Kier molecular flexibility index (Phi) is 5.26. The molecular formula is C15H20F3N3O. The Balaban J connectivity index is 0.000000211. The third-order valence-electron chi connectivity index (χ3n) is 3.83. The minimum Gasteiger partial charge on any atom is -0.496 e. The van der Waals surface area contributed by atoms with Gasteiger partial charge in [0.1, 0.15) is 17.6 Å². The molecule has 1 saturated carbocycles. The number of hydrogen-bond acceptors (Lipinski definition) is 3. The second kappa shape index (κ2) is 6.98. The van der Waals surface area contributed by atoms with Crippen molar-refractivity contribution in [3.8, 4) is 5.75 Å². The van der Waals surface area contributed by atoms with Gasteiger partial charge in [-0.15, -0.1) is 10.2 Å². The highest BCUT2D eigenvalue weighted by Crippen LogP contribution is 2.38. The van der Waals surface area contributed by atoms with E-state index < -0.39 is 11.7 Å². The Morgan fingerprint density at radius 3 is 2.41 bits per heavy atom. The van der Waals surface area contributed by atoms with Crippen molar-refractivity contribution >= 4 is 5.65 Å². The van der Waals surface area contributed by atoms with Gasteiger partial charge in [0, 0.05) is 6.20 Å². The fourth-order valence-electron chi connectivity index (χ4n) is 2.62. The van der Waals surface area contributed by atoms with E-state index in [-0.39, 0.29) is 11.4 Å². The third kappa shape index (κ3) is 3.90. The molecule has 1 aliphatic carbocycles. The monoisotopic (exact) mass is 315 g/mol. The van der Waals surface area contributed by atoms with Gasteiger partial charge in [0.05, 0.1) is 7.11 Å². The Morgan fingerprint density at radius 2 is 1.91 bits per heavy atom. The average Bonchev–Trinajstić information content (AvgIpc) is 2.94. The molecule has 0 radical (unpaired) electrons. The van der Waals surface area contributed by atoms with Crippen LogP contribution < -0.4 is 4.74 Å². The summed E-state index contributed by atoms with van der Waals surface area (Å²) >= 11 is 0. The summed E-state index contributed by atoms with van der Waals surface area (Å²) in [6.45, 7) is 2.36. The number of halogens is 3. The van der Waals surface area contributed by atoms with Gasteiger partial charge in [-0.05, 0) is 12.0 Å². The van der Waals surface area contributed by atoms with E-state index in [1.807, 2.05) is 0 Å². The zero-order chi connectivity index (χ0) is 16.2. The molecule has 2 aromatic heterocycles. The molecule has 1 aliphatic rings. The van der Waals surface area contributed by atoms with E-state index in [4.69, 9.17) is 0 Å². The molecule has 4 nitrogen and oxygen atoms in total. The first-order valence-corrected chi connectivity index (χ1v) is 7.37. The fraction of sp³-hybridized carbons (Fsp3) is 0.600. The normalized spacial score (nSPS) is 16.2. The molecule has 2 heterocycles. The van der Waals surface area contributed by atoms with Crippen molar-refractivity contribution in [3.63, 3.8) is 0 Å². The Morgan fingerprint density at radius 1 is 1.23 bits per heavy atom. The van der Waals surface area contributed by atoms with Crippen LogP contribution in [0.1, 0.15) is 44.6 Å². The quantitative estimate of drug-likeness (QED) is 0.785. The molecule has 0 bridgehead atoms. The minimum atomic E-state index is -4.51. The number of alkyl halides is 3. The number of pyridine rings is 1. The topological polar surface area (TPSA) is 39.4 Å². The van der Waals surface area contributed by atoms with Crippen molar-refractivity contribution in [2.45, 2.75) is 45.2 Å². The lowest BCUT2D eigenvalue weighted by Gasteiger charge is -2.15. The number of rotatable bonds is 1. The maximum atomic E-state index is 12.7. The fourth-order valence-corrected chi connectivity index (χ4v) is 2.62. The number of aromatic nitrogens is 3. The highest BCUT2D eigenvalue weighted by atomic mass is 19.4. The SMILES string of the molecule is CC1CCCCC1.COc1ccn2cnnc2c1C(F)(F)F. The first kappa shape index (κ1) is 16.6. The van der Waals surface area contributed by atoms with Crippen molar-refractivity contribution in [2.24, 2.45) is 5.92 Å². The highest BCUT2D eigenvalue weighted by Gasteiger charge is 2.37. The van der Waals surface area contributed by atoms with Crippen LogP contribution in [0.3, 0.4) is 0 Å². The van der Waals surface area contributed by atoms with Crippen LogP contribution in [-0.2, 0) is 6.18 Å². The maximum absolute atomic E-state index is 12.7. The van der Waals surface area contributed by atoms with Gasteiger partial charge in [-0.2, -0.15) is 13.2 Å². The van der Waals surface area contributed by atoms with Gasteiger partial charge in [-0.1, -0.05) is 39.0 Å². The minimum absolute atomic E-state index is 0.261. The van der Waals surface area contributed by atoms with Gasteiger partial charge in [-0.25, -0.2) is 0 Å². The zero-order valence-corrected chi connectivity index (χ0v) is 12.7. The van der Waals surface area contributed by atoms with E-state index in [0.717, 1.165) is 5.92 Å². The van der Waals surface area contributed by atoms with E-state index in [9.17, 15) is 13.2 Å². The summed E-state index contributed by atoms with van der Waals surface area (Å²) in [5.41, 5.74) is -1.17. The van der Waals surface area contributed by atoms with Gasteiger partial charge in [-0.3, -0.25) is 4.40 Å². The molecule has 0 saturated heterocycles. The van der Waals surface area contributed by atoms with Crippen LogP contribution in [0, 0.1) is 5.92 Å². The van der Waals surface area contributed by atoms with Crippen molar-refractivity contribution in [1.29, 1.82) is 0 Å². The number of hydrogen-bond donors (Lipinski definition) is 0. The molecule has 0 unspecified atom stereocenters. The predicted molar refractivity (Wildman–Crippen MR) is 76.8 cm³/mol. The molecular weight excluding hydrogens is 295 g/mol.